The van der Waals surface area contributed by atoms with Crippen molar-refractivity contribution in [3.63, 3.8) is 0 Å². The molecule has 1 saturated heterocycles. The Kier molecular flexibility index (Phi) is 9.43. The molecule has 0 radical (unpaired) electrons. The van der Waals surface area contributed by atoms with Gasteiger partial charge in [-0.1, -0.05) is 78.8 Å². The molecule has 254 valence electrons. The maximum absolute atomic E-state index is 14.5. The van der Waals surface area contributed by atoms with Crippen molar-refractivity contribution in [3.05, 3.63) is 72.3 Å². The molecule has 0 spiro atoms. The van der Waals surface area contributed by atoms with Gasteiger partial charge in [0.05, 0.1) is 33.5 Å². The topological polar surface area (TPSA) is 123 Å². The number of carbonyl (C=O) groups excluding carboxylic acids is 3. The van der Waals surface area contributed by atoms with Gasteiger partial charge in [-0.2, -0.15) is 0 Å². The summed E-state index contributed by atoms with van der Waals surface area (Å²) in [5.74, 6) is -1.34. The molecule has 0 unspecified atom stereocenters. The summed E-state index contributed by atoms with van der Waals surface area (Å²) >= 11 is 1.44. The maximum Gasteiger partial charge on any atom is 0.274 e. The van der Waals surface area contributed by atoms with Crippen molar-refractivity contribution in [3.8, 4) is 5.19 Å². The summed E-state index contributed by atoms with van der Waals surface area (Å²) in [5, 5.41) is -0.0438. The molecule has 5 atom stereocenters. The number of para-hydroxylation sites is 1. The highest BCUT2D eigenvalue weighted by Gasteiger charge is 2.61. The monoisotopic (exact) mass is 689 g/mol. The van der Waals surface area contributed by atoms with E-state index in [1.165, 1.54) is 16.9 Å². The summed E-state index contributed by atoms with van der Waals surface area (Å²) in [6, 6.07) is 17.2. The molecule has 48 heavy (non-hydrogen) atoms. The van der Waals surface area contributed by atoms with Gasteiger partial charge >= 0.3 is 0 Å². The molecular weight excluding hydrogens is 647 g/mol. The molecule has 2 aromatic carbocycles. The van der Waals surface area contributed by atoms with Gasteiger partial charge in [-0.3, -0.25) is 19.1 Å². The average Bonchev–Trinajstić information content (AvgIpc) is 3.97. The lowest BCUT2D eigenvalue weighted by Gasteiger charge is -2.29. The first kappa shape index (κ1) is 33.0. The van der Waals surface area contributed by atoms with Crippen LogP contribution in [0.5, 0.6) is 5.19 Å². The Labute approximate surface area is 286 Å². The van der Waals surface area contributed by atoms with Crippen molar-refractivity contribution in [2.75, 3.05) is 6.54 Å². The molecular formula is C37H43N3O6S2. The predicted molar refractivity (Wildman–Crippen MR) is 185 cm³/mol. The lowest BCUT2D eigenvalue weighted by atomic mass is 9.90. The minimum absolute atomic E-state index is 0.0464. The number of aromatic nitrogens is 1. The Morgan fingerprint density at radius 2 is 1.81 bits per heavy atom. The van der Waals surface area contributed by atoms with E-state index in [4.69, 9.17) is 4.74 Å². The van der Waals surface area contributed by atoms with Crippen molar-refractivity contribution >= 4 is 49.2 Å². The normalized spacial score (nSPS) is 29.0. The van der Waals surface area contributed by atoms with Gasteiger partial charge in [0.2, 0.25) is 21.8 Å². The Hall–Kier alpha value is -3.57. The first-order valence-electron chi connectivity index (χ1n) is 17.3. The maximum atomic E-state index is 14.5. The summed E-state index contributed by atoms with van der Waals surface area (Å²) in [5.41, 5.74) is 0.870. The minimum Gasteiger partial charge on any atom is -0.465 e. The number of carbonyl (C=O) groups is 3. The molecule has 0 bridgehead atoms. The Balaban J connectivity index is 1.16. The van der Waals surface area contributed by atoms with Gasteiger partial charge in [-0.05, 0) is 75.0 Å². The summed E-state index contributed by atoms with van der Waals surface area (Å²) in [7, 11) is -3.77. The third kappa shape index (κ3) is 7.22. The number of hydrogen-bond donors (Lipinski definition) is 1. The number of ether oxygens (including phenoxy) is 1. The Bertz CT molecular complexity index is 1770. The van der Waals surface area contributed by atoms with E-state index in [1.807, 2.05) is 48.5 Å². The number of ketones is 1. The molecule has 7 rings (SSSR count). The molecule has 2 amide bonds. The van der Waals surface area contributed by atoms with Crippen LogP contribution in [0.4, 0.5) is 0 Å². The van der Waals surface area contributed by atoms with Crippen molar-refractivity contribution in [2.45, 2.75) is 94.4 Å². The number of benzene rings is 2. The van der Waals surface area contributed by atoms with Gasteiger partial charge in [0.15, 0.2) is 5.78 Å². The van der Waals surface area contributed by atoms with E-state index in [0.717, 1.165) is 48.7 Å². The van der Waals surface area contributed by atoms with Crippen LogP contribution in [-0.2, 0) is 30.8 Å². The number of sulfonamides is 1. The van der Waals surface area contributed by atoms with Crippen LogP contribution >= 0.6 is 11.3 Å². The van der Waals surface area contributed by atoms with E-state index >= 15 is 0 Å². The Morgan fingerprint density at radius 1 is 1.02 bits per heavy atom. The van der Waals surface area contributed by atoms with E-state index < -0.39 is 38.7 Å². The van der Waals surface area contributed by atoms with Crippen molar-refractivity contribution in [1.29, 1.82) is 0 Å². The molecule has 1 aromatic heterocycles. The van der Waals surface area contributed by atoms with E-state index in [2.05, 4.69) is 27.9 Å². The molecule has 2 saturated carbocycles. The molecule has 3 aromatic rings. The van der Waals surface area contributed by atoms with E-state index in [0.29, 0.717) is 37.3 Å². The van der Waals surface area contributed by atoms with E-state index in [9.17, 15) is 22.8 Å². The van der Waals surface area contributed by atoms with Gasteiger partial charge in [-0.25, -0.2) is 13.4 Å². The van der Waals surface area contributed by atoms with Crippen LogP contribution in [0.1, 0.15) is 76.2 Å². The second-order valence-electron chi connectivity index (χ2n) is 14.0. The fourth-order valence-corrected chi connectivity index (χ4v) is 9.70. The number of allylic oxidation sites excluding steroid dienone is 2. The van der Waals surface area contributed by atoms with Crippen molar-refractivity contribution in [2.24, 2.45) is 17.3 Å². The molecule has 3 fully saturated rings. The zero-order valence-corrected chi connectivity index (χ0v) is 28.7. The van der Waals surface area contributed by atoms with Crippen LogP contribution in [0, 0.1) is 17.3 Å². The highest BCUT2D eigenvalue weighted by Crippen LogP contribution is 2.57. The van der Waals surface area contributed by atoms with Crippen LogP contribution in [-0.4, -0.2) is 59.8 Å². The second kappa shape index (κ2) is 13.7. The third-order valence-corrected chi connectivity index (χ3v) is 13.2. The largest absolute Gasteiger partial charge is 0.465 e. The molecule has 3 heterocycles. The predicted octanol–water partition coefficient (Wildman–Crippen LogP) is 5.99. The van der Waals surface area contributed by atoms with Gasteiger partial charge < -0.3 is 9.64 Å². The Morgan fingerprint density at radius 3 is 2.60 bits per heavy atom. The van der Waals surface area contributed by atoms with Gasteiger partial charge in [0.1, 0.15) is 6.10 Å². The molecule has 9 nitrogen and oxygen atoms in total. The highest BCUT2D eigenvalue weighted by atomic mass is 32.2. The summed E-state index contributed by atoms with van der Waals surface area (Å²) in [6.07, 6.45) is 11.2. The SMILES string of the molecule is O=C1C[C@]2(C(=O)NS(=O)(=O)C3CC3)C[C@@H]2/C=C\CCCCC[C@H](CCc2ccccc2)C(=O)N2C[C@H](Oc3nc4ccccc4s3)C[C@@H]12. The zero-order valence-electron chi connectivity index (χ0n) is 27.1. The van der Waals surface area contributed by atoms with Gasteiger partial charge in [0.25, 0.3) is 5.19 Å². The van der Waals surface area contributed by atoms with E-state index in [1.54, 1.807) is 4.90 Å². The fraction of sp³-hybridized carbons (Fsp3) is 0.514. The molecule has 2 aliphatic carbocycles. The number of rotatable bonds is 8. The molecule has 11 heteroatoms. The summed E-state index contributed by atoms with van der Waals surface area (Å²) < 4.78 is 35.3. The number of Topliss-reactive ketones (excluding diaryl/α,β-unsaturated/α-hetero) is 1. The number of aryl methyl sites for hydroxylation is 1. The standard InChI is InChI=1S/C37H43N3O6S2/c41-32-23-37(35(43)39-48(44,45)29-19-20-29)22-27(37)14-8-3-1-2-7-13-26(18-17-25-11-5-4-6-12-25)34(42)40-24-28(21-31(32)40)46-36-38-30-15-9-10-16-33(30)47-36/h4-6,8-12,14-16,26-29,31H,1-3,7,13,17-24H2,(H,39,43)/b14-8-/t26-,27+,28-,31+,37-/m1/s1. The number of nitrogens with one attached hydrogen (secondary N) is 1. The average molecular weight is 690 g/mol. The van der Waals surface area contributed by atoms with Gasteiger partial charge in [0, 0.05) is 18.8 Å². The number of amides is 2. The number of thiazole rings is 1. The molecule has 2 aliphatic heterocycles. The highest BCUT2D eigenvalue weighted by molar-refractivity contribution is 7.90. The van der Waals surface area contributed by atoms with E-state index in [-0.39, 0.29) is 36.5 Å². The molecule has 1 N–H and O–H groups in total. The molecule has 4 aliphatic rings. The van der Waals surface area contributed by atoms with Crippen LogP contribution in [0.15, 0.2) is 66.7 Å². The van der Waals surface area contributed by atoms with Crippen LogP contribution in [0.25, 0.3) is 10.2 Å². The number of fused-ring (bicyclic) bond motifs is 3. The quantitative estimate of drug-likeness (QED) is 0.289. The van der Waals surface area contributed by atoms with Crippen LogP contribution in [0.3, 0.4) is 0 Å². The minimum atomic E-state index is -3.77. The first-order valence-corrected chi connectivity index (χ1v) is 19.7. The smallest absolute Gasteiger partial charge is 0.274 e. The van der Waals surface area contributed by atoms with Crippen LogP contribution in [0.2, 0.25) is 0 Å². The lowest BCUT2D eigenvalue weighted by molar-refractivity contribution is -0.142. The fourth-order valence-electron chi connectivity index (χ4n) is 7.43. The number of nitrogens with zero attached hydrogens (tertiary/aromatic N) is 2. The second-order valence-corrected chi connectivity index (χ2v) is 17.0. The lowest BCUT2D eigenvalue weighted by Crippen LogP contribution is -2.46. The number of hydrogen-bond acceptors (Lipinski definition) is 8. The zero-order chi connectivity index (χ0) is 33.3. The third-order valence-electron chi connectivity index (χ3n) is 10.5. The van der Waals surface area contributed by atoms with Crippen molar-refractivity contribution < 1.29 is 27.5 Å². The van der Waals surface area contributed by atoms with Crippen molar-refractivity contribution in [1.82, 2.24) is 14.6 Å². The van der Waals surface area contributed by atoms with Crippen LogP contribution < -0.4 is 9.46 Å². The first-order chi connectivity index (χ1) is 23.2. The summed E-state index contributed by atoms with van der Waals surface area (Å²) in [4.78, 5) is 48.8. The van der Waals surface area contributed by atoms with Gasteiger partial charge in [-0.15, -0.1) is 0 Å². The summed E-state index contributed by atoms with van der Waals surface area (Å²) in [6.45, 7) is 0.256.